The maximum absolute atomic E-state index is 10.6. The van der Waals surface area contributed by atoms with E-state index in [2.05, 4.69) is 12.2 Å². The van der Waals surface area contributed by atoms with Gasteiger partial charge in [0.25, 0.3) is 5.69 Å². The highest BCUT2D eigenvalue weighted by molar-refractivity contribution is 5.54. The Bertz CT molecular complexity index is 378. The zero-order chi connectivity index (χ0) is 14.1. The van der Waals surface area contributed by atoms with E-state index in [4.69, 9.17) is 0 Å². The van der Waals surface area contributed by atoms with Crippen LogP contribution >= 0.6 is 0 Å². The second-order valence-corrected chi connectivity index (χ2v) is 3.95. The van der Waals surface area contributed by atoms with Gasteiger partial charge >= 0.3 is 0 Å². The molecule has 1 aromatic rings. The number of hydrogen-bond donors (Lipinski definition) is 1. The van der Waals surface area contributed by atoms with E-state index in [-0.39, 0.29) is 10.6 Å². The van der Waals surface area contributed by atoms with Gasteiger partial charge in [-0.3, -0.25) is 10.1 Å². The van der Waals surface area contributed by atoms with Crippen molar-refractivity contribution in [3.05, 3.63) is 33.9 Å². The average Bonchev–Trinajstić information content (AvgIpc) is 2.37. The Labute approximate surface area is 109 Å². The molecule has 0 unspecified atom stereocenters. The zero-order valence-electron chi connectivity index (χ0n) is 11.9. The van der Waals surface area contributed by atoms with Crippen molar-refractivity contribution in [2.75, 3.05) is 32.1 Å². The summed E-state index contributed by atoms with van der Waals surface area (Å²) in [6.45, 7) is 7.82. The fourth-order valence-corrected chi connectivity index (χ4v) is 1.26. The van der Waals surface area contributed by atoms with Gasteiger partial charge in [0, 0.05) is 30.9 Å². The van der Waals surface area contributed by atoms with Crippen LogP contribution in [0, 0.1) is 17.0 Å². The summed E-state index contributed by atoms with van der Waals surface area (Å²) in [7, 11) is 3.89. The summed E-state index contributed by atoms with van der Waals surface area (Å²) in [5.74, 6) is 0. The minimum Gasteiger partial charge on any atom is -0.375 e. The molecule has 0 fully saturated rings. The highest BCUT2D eigenvalue weighted by atomic mass is 16.6. The van der Waals surface area contributed by atoms with E-state index in [0.717, 1.165) is 18.8 Å². The predicted molar refractivity (Wildman–Crippen MR) is 76.4 cm³/mol. The number of nitro benzene ring substituents is 1. The molecular weight excluding hydrogens is 230 g/mol. The van der Waals surface area contributed by atoms with Crippen LogP contribution in [-0.2, 0) is 0 Å². The van der Waals surface area contributed by atoms with E-state index in [1.807, 2.05) is 32.0 Å². The van der Waals surface area contributed by atoms with E-state index in [0.29, 0.717) is 5.56 Å². The van der Waals surface area contributed by atoms with Crippen LogP contribution in [0.3, 0.4) is 0 Å². The summed E-state index contributed by atoms with van der Waals surface area (Å²) in [4.78, 5) is 12.2. The van der Waals surface area contributed by atoms with Crippen LogP contribution < -0.4 is 10.2 Å². The van der Waals surface area contributed by atoms with Crippen molar-refractivity contribution in [1.29, 1.82) is 0 Å². The standard InChI is InChI=1S/C10H14N2O2.C3H9N/c1-4-11(3)9-5-6-10(12(13)14)8(2)7-9;1-3-4-2/h5-7H,4H2,1-3H3;4H,3H2,1-2H3. The van der Waals surface area contributed by atoms with Gasteiger partial charge in [-0.1, -0.05) is 6.92 Å². The highest BCUT2D eigenvalue weighted by Crippen LogP contribution is 2.23. The lowest BCUT2D eigenvalue weighted by Crippen LogP contribution is -2.15. The summed E-state index contributed by atoms with van der Waals surface area (Å²) in [6, 6.07) is 5.16. The lowest BCUT2D eigenvalue weighted by atomic mass is 10.1. The van der Waals surface area contributed by atoms with Crippen LogP contribution in [0.25, 0.3) is 0 Å². The summed E-state index contributed by atoms with van der Waals surface area (Å²) >= 11 is 0. The van der Waals surface area contributed by atoms with Crippen molar-refractivity contribution >= 4 is 11.4 Å². The van der Waals surface area contributed by atoms with Crippen LogP contribution in [0.4, 0.5) is 11.4 Å². The molecule has 0 bridgehead atoms. The van der Waals surface area contributed by atoms with Crippen LogP contribution in [0.2, 0.25) is 0 Å². The number of hydrogen-bond acceptors (Lipinski definition) is 4. The van der Waals surface area contributed by atoms with Crippen molar-refractivity contribution in [3.8, 4) is 0 Å². The van der Waals surface area contributed by atoms with Gasteiger partial charge in [0.15, 0.2) is 0 Å². The zero-order valence-corrected chi connectivity index (χ0v) is 11.9. The van der Waals surface area contributed by atoms with Gasteiger partial charge in [0.2, 0.25) is 0 Å². The Morgan fingerprint density at radius 2 is 1.94 bits per heavy atom. The topological polar surface area (TPSA) is 58.4 Å². The molecule has 1 N–H and O–H groups in total. The fourth-order valence-electron chi connectivity index (χ4n) is 1.26. The van der Waals surface area contributed by atoms with Gasteiger partial charge in [-0.25, -0.2) is 0 Å². The summed E-state index contributed by atoms with van der Waals surface area (Å²) in [5.41, 5.74) is 1.89. The van der Waals surface area contributed by atoms with E-state index < -0.39 is 0 Å². The first-order valence-electron chi connectivity index (χ1n) is 6.08. The maximum Gasteiger partial charge on any atom is 0.272 e. The molecular formula is C13H23N3O2. The molecule has 0 aliphatic rings. The lowest BCUT2D eigenvalue weighted by molar-refractivity contribution is -0.385. The van der Waals surface area contributed by atoms with E-state index >= 15 is 0 Å². The Hall–Kier alpha value is -1.62. The van der Waals surface area contributed by atoms with E-state index in [1.54, 1.807) is 19.1 Å². The molecule has 0 aliphatic carbocycles. The fraction of sp³-hybridized carbons (Fsp3) is 0.538. The average molecular weight is 253 g/mol. The minimum atomic E-state index is -0.356. The first-order valence-corrected chi connectivity index (χ1v) is 6.08. The molecule has 18 heavy (non-hydrogen) atoms. The molecule has 5 nitrogen and oxygen atoms in total. The molecule has 1 rings (SSSR count). The largest absolute Gasteiger partial charge is 0.375 e. The Morgan fingerprint density at radius 3 is 2.28 bits per heavy atom. The molecule has 0 amide bonds. The third-order valence-corrected chi connectivity index (χ3v) is 2.65. The molecule has 0 spiro atoms. The SMILES string of the molecule is CCN(C)c1ccc([N+](=O)[O-])c(C)c1.CCNC. The summed E-state index contributed by atoms with van der Waals surface area (Å²) in [5, 5.41) is 13.5. The second kappa shape index (κ2) is 8.47. The van der Waals surface area contributed by atoms with Crippen molar-refractivity contribution in [2.45, 2.75) is 20.8 Å². The molecule has 0 radical (unpaired) electrons. The number of rotatable bonds is 4. The second-order valence-electron chi connectivity index (χ2n) is 3.95. The highest BCUT2D eigenvalue weighted by Gasteiger charge is 2.10. The number of benzene rings is 1. The maximum atomic E-state index is 10.6. The molecule has 0 aromatic heterocycles. The number of nitro groups is 1. The molecule has 5 heteroatoms. The third-order valence-electron chi connectivity index (χ3n) is 2.65. The van der Waals surface area contributed by atoms with Gasteiger partial charge in [0.05, 0.1) is 4.92 Å². The lowest BCUT2D eigenvalue weighted by Gasteiger charge is -2.16. The Kier molecular flexibility index (Phi) is 7.71. The third kappa shape index (κ3) is 5.14. The first kappa shape index (κ1) is 16.4. The first-order chi connectivity index (χ1) is 8.47. The molecule has 102 valence electrons. The monoisotopic (exact) mass is 253 g/mol. The molecule has 0 saturated heterocycles. The van der Waals surface area contributed by atoms with Crippen molar-refractivity contribution in [2.24, 2.45) is 0 Å². The summed E-state index contributed by atoms with van der Waals surface area (Å²) < 4.78 is 0. The van der Waals surface area contributed by atoms with E-state index in [9.17, 15) is 10.1 Å². The van der Waals surface area contributed by atoms with Crippen molar-refractivity contribution in [3.63, 3.8) is 0 Å². The number of anilines is 1. The van der Waals surface area contributed by atoms with Gasteiger partial charge < -0.3 is 10.2 Å². The van der Waals surface area contributed by atoms with Gasteiger partial charge in [-0.2, -0.15) is 0 Å². The number of aryl methyl sites for hydroxylation is 1. The van der Waals surface area contributed by atoms with Crippen LogP contribution in [0.15, 0.2) is 18.2 Å². The summed E-state index contributed by atoms with van der Waals surface area (Å²) in [6.07, 6.45) is 0. The Morgan fingerprint density at radius 1 is 1.39 bits per heavy atom. The smallest absolute Gasteiger partial charge is 0.272 e. The van der Waals surface area contributed by atoms with Crippen LogP contribution in [0.1, 0.15) is 19.4 Å². The molecule has 1 aromatic carbocycles. The van der Waals surface area contributed by atoms with Gasteiger partial charge in [-0.05, 0) is 39.6 Å². The van der Waals surface area contributed by atoms with E-state index in [1.165, 1.54) is 0 Å². The number of nitrogens with zero attached hydrogens (tertiary/aromatic N) is 2. The van der Waals surface area contributed by atoms with Gasteiger partial charge in [0.1, 0.15) is 0 Å². The molecule has 0 aliphatic heterocycles. The molecule has 0 heterocycles. The Balaban J connectivity index is 0.000000631. The predicted octanol–water partition coefficient (Wildman–Crippen LogP) is 2.59. The van der Waals surface area contributed by atoms with Crippen LogP contribution in [-0.4, -0.2) is 32.1 Å². The number of nitrogens with one attached hydrogen (secondary N) is 1. The van der Waals surface area contributed by atoms with Gasteiger partial charge in [-0.15, -0.1) is 0 Å². The van der Waals surface area contributed by atoms with Crippen LogP contribution in [0.5, 0.6) is 0 Å². The quantitative estimate of drug-likeness (QED) is 0.662. The molecule has 0 saturated carbocycles. The molecule has 0 atom stereocenters. The van der Waals surface area contributed by atoms with Crippen molar-refractivity contribution in [1.82, 2.24) is 5.32 Å². The minimum absolute atomic E-state index is 0.179. The normalized spacial score (nSPS) is 9.39. The van der Waals surface area contributed by atoms with Crippen molar-refractivity contribution < 1.29 is 4.92 Å².